The lowest BCUT2D eigenvalue weighted by Gasteiger charge is -2.09. The van der Waals surface area contributed by atoms with E-state index in [2.05, 4.69) is 5.10 Å². The Morgan fingerprint density at radius 2 is 2.14 bits per heavy atom. The minimum Gasteiger partial charge on any atom is -0.495 e. The normalized spacial score (nSPS) is 10.6. The summed E-state index contributed by atoms with van der Waals surface area (Å²) in [7, 11) is 1.54. The number of carbonyl (C=O) groups excluding carboxylic acids is 1. The summed E-state index contributed by atoms with van der Waals surface area (Å²) in [6, 6.07) is 7.24. The van der Waals surface area contributed by atoms with Crippen LogP contribution in [0, 0.1) is 0 Å². The van der Waals surface area contributed by atoms with Gasteiger partial charge in [-0.25, -0.2) is 0 Å². The third-order valence-electron chi connectivity index (χ3n) is 3.50. The average molecular weight is 287 g/mol. The predicted molar refractivity (Wildman–Crippen MR) is 82.7 cm³/mol. The molecule has 5 nitrogen and oxygen atoms in total. The van der Waals surface area contributed by atoms with Gasteiger partial charge in [-0.15, -0.1) is 0 Å². The van der Waals surface area contributed by atoms with Crippen molar-refractivity contribution in [2.24, 2.45) is 0 Å². The van der Waals surface area contributed by atoms with Crippen molar-refractivity contribution in [1.82, 2.24) is 9.78 Å². The van der Waals surface area contributed by atoms with Gasteiger partial charge in [0, 0.05) is 17.8 Å². The molecule has 21 heavy (non-hydrogen) atoms. The van der Waals surface area contributed by atoms with Crippen molar-refractivity contribution in [3.63, 3.8) is 0 Å². The number of methoxy groups -OCH3 is 1. The second-order valence-corrected chi connectivity index (χ2v) is 4.82. The van der Waals surface area contributed by atoms with Crippen molar-refractivity contribution >= 4 is 11.5 Å². The minimum absolute atomic E-state index is 0.0244. The fraction of sp³-hybridized carbons (Fsp3) is 0.375. The van der Waals surface area contributed by atoms with E-state index in [1.807, 2.05) is 24.6 Å². The number of aryl methyl sites for hydroxylation is 2. The molecule has 0 aliphatic carbocycles. The van der Waals surface area contributed by atoms with Gasteiger partial charge in [-0.05, 0) is 31.5 Å². The summed E-state index contributed by atoms with van der Waals surface area (Å²) >= 11 is 0. The van der Waals surface area contributed by atoms with Crippen molar-refractivity contribution in [2.45, 2.75) is 33.2 Å². The molecule has 0 fully saturated rings. The molecule has 2 aromatic rings. The van der Waals surface area contributed by atoms with E-state index in [0.29, 0.717) is 17.0 Å². The lowest BCUT2D eigenvalue weighted by atomic mass is 10.0. The zero-order valence-electron chi connectivity index (χ0n) is 12.7. The number of anilines is 1. The lowest BCUT2D eigenvalue weighted by molar-refractivity contribution is 0.0991. The van der Waals surface area contributed by atoms with Crippen molar-refractivity contribution in [2.75, 3.05) is 12.8 Å². The van der Waals surface area contributed by atoms with Crippen LogP contribution in [0.15, 0.2) is 24.3 Å². The standard InChI is InChI=1S/C16H21N3O2/c1-4-11-9-12(19(5-2)18-11)10-14(20)13-7-6-8-15(21-3)16(13)17/h6-9H,4-5,10,17H2,1-3H3. The van der Waals surface area contributed by atoms with E-state index >= 15 is 0 Å². The smallest absolute Gasteiger partial charge is 0.171 e. The van der Waals surface area contributed by atoms with E-state index in [9.17, 15) is 4.79 Å². The molecule has 0 aliphatic heterocycles. The first-order valence-corrected chi connectivity index (χ1v) is 7.11. The number of ether oxygens (including phenoxy) is 1. The van der Waals surface area contributed by atoms with Crippen LogP contribution in [0.25, 0.3) is 0 Å². The summed E-state index contributed by atoms with van der Waals surface area (Å²) in [5.74, 6) is 0.503. The number of nitrogens with two attached hydrogens (primary N) is 1. The molecule has 0 saturated carbocycles. The molecule has 0 atom stereocenters. The van der Waals surface area contributed by atoms with Crippen LogP contribution >= 0.6 is 0 Å². The molecule has 0 aliphatic rings. The third kappa shape index (κ3) is 3.07. The molecule has 0 bridgehead atoms. The quantitative estimate of drug-likeness (QED) is 0.654. The van der Waals surface area contributed by atoms with Crippen LogP contribution in [-0.2, 0) is 19.4 Å². The van der Waals surface area contributed by atoms with Gasteiger partial charge < -0.3 is 10.5 Å². The van der Waals surface area contributed by atoms with Crippen LogP contribution in [0.3, 0.4) is 0 Å². The Labute approximate surface area is 124 Å². The molecule has 0 radical (unpaired) electrons. The molecule has 2 N–H and O–H groups in total. The highest BCUT2D eigenvalue weighted by atomic mass is 16.5. The Morgan fingerprint density at radius 1 is 1.38 bits per heavy atom. The fourth-order valence-corrected chi connectivity index (χ4v) is 2.33. The predicted octanol–water partition coefficient (Wildman–Crippen LogP) is 2.48. The van der Waals surface area contributed by atoms with Crippen LogP contribution in [0.5, 0.6) is 5.75 Å². The number of hydrogen-bond donors (Lipinski definition) is 1. The number of nitrogens with zero attached hydrogens (tertiary/aromatic N) is 2. The van der Waals surface area contributed by atoms with Gasteiger partial charge >= 0.3 is 0 Å². The van der Waals surface area contributed by atoms with Gasteiger partial charge in [0.05, 0.1) is 24.9 Å². The maximum absolute atomic E-state index is 12.5. The largest absolute Gasteiger partial charge is 0.495 e. The number of nitrogen functional groups attached to an aromatic ring is 1. The number of rotatable bonds is 6. The van der Waals surface area contributed by atoms with Crippen LogP contribution in [0.4, 0.5) is 5.69 Å². The summed E-state index contributed by atoms with van der Waals surface area (Å²) in [5, 5.41) is 4.46. The Balaban J connectivity index is 2.28. The molecule has 2 rings (SSSR count). The summed E-state index contributed by atoms with van der Waals surface area (Å²) in [6.45, 7) is 4.81. The first-order chi connectivity index (χ1) is 10.1. The monoisotopic (exact) mass is 287 g/mol. The van der Waals surface area contributed by atoms with Gasteiger partial charge in [0.2, 0.25) is 0 Å². The molecule has 1 aromatic carbocycles. The van der Waals surface area contributed by atoms with Crippen LogP contribution in [0.1, 0.15) is 35.6 Å². The van der Waals surface area contributed by atoms with E-state index in [1.54, 1.807) is 25.3 Å². The first-order valence-electron chi connectivity index (χ1n) is 7.11. The van der Waals surface area contributed by atoms with E-state index < -0.39 is 0 Å². The van der Waals surface area contributed by atoms with E-state index in [1.165, 1.54) is 0 Å². The Hall–Kier alpha value is -2.30. The number of ketones is 1. The van der Waals surface area contributed by atoms with Crippen molar-refractivity contribution < 1.29 is 9.53 Å². The highest BCUT2D eigenvalue weighted by molar-refractivity contribution is 6.02. The molecular weight excluding hydrogens is 266 g/mol. The molecular formula is C16H21N3O2. The third-order valence-corrected chi connectivity index (χ3v) is 3.50. The second kappa shape index (κ2) is 6.43. The van der Waals surface area contributed by atoms with Crippen molar-refractivity contribution in [1.29, 1.82) is 0 Å². The van der Waals surface area contributed by atoms with Gasteiger partial charge in [-0.3, -0.25) is 9.48 Å². The van der Waals surface area contributed by atoms with Gasteiger partial charge in [-0.1, -0.05) is 13.0 Å². The molecule has 0 saturated heterocycles. The zero-order valence-corrected chi connectivity index (χ0v) is 12.7. The highest BCUT2D eigenvalue weighted by Crippen LogP contribution is 2.26. The molecule has 0 amide bonds. The van der Waals surface area contributed by atoms with Gasteiger partial charge in [0.15, 0.2) is 5.78 Å². The minimum atomic E-state index is -0.0244. The SMILES string of the molecule is CCc1cc(CC(=O)c2cccc(OC)c2N)n(CC)n1. The highest BCUT2D eigenvalue weighted by Gasteiger charge is 2.16. The molecule has 112 valence electrons. The van der Waals surface area contributed by atoms with Crippen LogP contribution in [-0.4, -0.2) is 22.7 Å². The summed E-state index contributed by atoms with van der Waals surface area (Å²) < 4.78 is 7.03. The van der Waals surface area contributed by atoms with Gasteiger partial charge in [0.25, 0.3) is 0 Å². The van der Waals surface area contributed by atoms with Crippen molar-refractivity contribution in [3.05, 3.63) is 41.2 Å². The second-order valence-electron chi connectivity index (χ2n) is 4.82. The molecule has 0 unspecified atom stereocenters. The topological polar surface area (TPSA) is 70.1 Å². The number of Topliss-reactive ketones (excluding diaryl/α,β-unsaturated/α-hetero) is 1. The van der Waals surface area contributed by atoms with Crippen molar-refractivity contribution in [3.8, 4) is 5.75 Å². The Morgan fingerprint density at radius 3 is 2.76 bits per heavy atom. The van der Waals surface area contributed by atoms with E-state index in [-0.39, 0.29) is 12.2 Å². The van der Waals surface area contributed by atoms with Gasteiger partial charge in [0.1, 0.15) is 5.75 Å². The van der Waals surface area contributed by atoms with Gasteiger partial charge in [-0.2, -0.15) is 5.10 Å². The maximum atomic E-state index is 12.5. The summed E-state index contributed by atoms with van der Waals surface area (Å²) in [5.41, 5.74) is 8.79. The molecule has 5 heteroatoms. The molecule has 1 aromatic heterocycles. The molecule has 1 heterocycles. The zero-order chi connectivity index (χ0) is 15.4. The summed E-state index contributed by atoms with van der Waals surface area (Å²) in [6.07, 6.45) is 1.15. The Kier molecular flexibility index (Phi) is 4.62. The average Bonchev–Trinajstić information content (AvgIpc) is 2.89. The first kappa shape index (κ1) is 15.1. The maximum Gasteiger partial charge on any atom is 0.171 e. The fourth-order valence-electron chi connectivity index (χ4n) is 2.33. The molecule has 0 spiro atoms. The van der Waals surface area contributed by atoms with Crippen LogP contribution in [0.2, 0.25) is 0 Å². The number of aromatic nitrogens is 2. The van der Waals surface area contributed by atoms with E-state index in [4.69, 9.17) is 10.5 Å². The number of para-hydroxylation sites is 1. The number of benzene rings is 1. The lowest BCUT2D eigenvalue weighted by Crippen LogP contribution is -2.12. The summed E-state index contributed by atoms with van der Waals surface area (Å²) in [4.78, 5) is 12.5. The van der Waals surface area contributed by atoms with Crippen LogP contribution < -0.4 is 10.5 Å². The number of carbonyl (C=O) groups is 1. The number of hydrogen-bond acceptors (Lipinski definition) is 4. The Bertz CT molecular complexity index is 647. The van der Waals surface area contributed by atoms with E-state index in [0.717, 1.165) is 24.4 Å².